The average Bonchev–Trinajstić information content (AvgIpc) is 2.41. The maximum Gasteiger partial charge on any atom is 0.0452 e. The van der Waals surface area contributed by atoms with Crippen molar-refractivity contribution < 1.29 is 0 Å². The Hall–Kier alpha value is -0.240. The second-order valence-corrected chi connectivity index (χ2v) is 6.40. The summed E-state index contributed by atoms with van der Waals surface area (Å²) in [7, 11) is 0. The van der Waals surface area contributed by atoms with Crippen LogP contribution in [0.2, 0.25) is 10.0 Å². The third-order valence-corrected chi connectivity index (χ3v) is 4.73. The quantitative estimate of drug-likeness (QED) is 0.798. The highest BCUT2D eigenvalue weighted by Gasteiger charge is 2.23. The lowest BCUT2D eigenvalue weighted by molar-refractivity contribution is 0.284. The Bertz CT molecular complexity index is 385. The van der Waals surface area contributed by atoms with Gasteiger partial charge in [0.1, 0.15) is 0 Å². The van der Waals surface area contributed by atoms with Crippen molar-refractivity contribution in [2.24, 2.45) is 5.92 Å². The van der Waals surface area contributed by atoms with E-state index >= 15 is 0 Å². The summed E-state index contributed by atoms with van der Waals surface area (Å²) in [6.07, 6.45) is 7.40. The topological polar surface area (TPSA) is 12.0 Å². The Morgan fingerprint density at radius 1 is 1.21 bits per heavy atom. The highest BCUT2D eigenvalue weighted by Crippen LogP contribution is 2.32. The van der Waals surface area contributed by atoms with Gasteiger partial charge in [-0.2, -0.15) is 0 Å². The minimum atomic E-state index is 0.681. The molecule has 1 aromatic rings. The molecule has 0 aromatic heterocycles. The molecule has 0 heterocycles. The van der Waals surface area contributed by atoms with Crippen LogP contribution in [0, 0.1) is 5.92 Å². The molecule has 1 aliphatic rings. The Morgan fingerprint density at radius 2 is 1.95 bits per heavy atom. The molecule has 0 radical (unpaired) electrons. The molecule has 1 nitrogen and oxygen atoms in total. The molecule has 0 saturated heterocycles. The molecule has 2 rings (SSSR count). The van der Waals surface area contributed by atoms with Crippen LogP contribution in [0.4, 0.5) is 0 Å². The molecular weight excluding hydrogens is 277 g/mol. The predicted molar refractivity (Wildman–Crippen MR) is 84.2 cm³/mol. The smallest absolute Gasteiger partial charge is 0.0452 e. The summed E-state index contributed by atoms with van der Waals surface area (Å²) in [5, 5.41) is 5.28. The van der Waals surface area contributed by atoms with Crippen LogP contribution < -0.4 is 5.32 Å². The molecule has 0 amide bonds. The Morgan fingerprint density at radius 3 is 2.63 bits per heavy atom. The van der Waals surface area contributed by atoms with Crippen LogP contribution in [0.25, 0.3) is 0 Å². The Kier molecular flexibility index (Phi) is 6.00. The van der Waals surface area contributed by atoms with Gasteiger partial charge in [0.2, 0.25) is 0 Å². The van der Waals surface area contributed by atoms with E-state index in [0.717, 1.165) is 28.6 Å². The fraction of sp³-hybridized carbons (Fsp3) is 0.625. The first-order chi connectivity index (χ1) is 9.20. The largest absolute Gasteiger partial charge is 0.314 e. The summed E-state index contributed by atoms with van der Waals surface area (Å²) in [5.74, 6) is 0.709. The van der Waals surface area contributed by atoms with Crippen LogP contribution in [0.1, 0.15) is 44.6 Å². The van der Waals surface area contributed by atoms with Crippen LogP contribution in [-0.4, -0.2) is 12.6 Å². The monoisotopic (exact) mass is 299 g/mol. The van der Waals surface area contributed by atoms with Gasteiger partial charge in [0.05, 0.1) is 0 Å². The molecule has 0 bridgehead atoms. The molecule has 0 aliphatic heterocycles. The number of halogens is 2. The number of hydrogen-bond acceptors (Lipinski definition) is 1. The first-order valence-electron chi connectivity index (χ1n) is 7.37. The third-order valence-electron chi connectivity index (χ3n) is 4.02. The molecule has 1 saturated carbocycles. The summed E-state index contributed by atoms with van der Waals surface area (Å²) < 4.78 is 0. The SMILES string of the molecule is CCCNC1CCCC(Cc2c(Cl)cccc2Cl)C1. The minimum Gasteiger partial charge on any atom is -0.314 e. The molecule has 0 spiro atoms. The summed E-state index contributed by atoms with van der Waals surface area (Å²) in [6, 6.07) is 6.48. The molecule has 1 aliphatic carbocycles. The van der Waals surface area contributed by atoms with E-state index in [1.165, 1.54) is 32.1 Å². The van der Waals surface area contributed by atoms with Crippen molar-refractivity contribution in [1.29, 1.82) is 0 Å². The van der Waals surface area contributed by atoms with Gasteiger partial charge in [-0.1, -0.05) is 49.0 Å². The maximum atomic E-state index is 6.27. The molecule has 19 heavy (non-hydrogen) atoms. The Balaban J connectivity index is 1.95. The third kappa shape index (κ3) is 4.37. The second-order valence-electron chi connectivity index (χ2n) is 5.59. The van der Waals surface area contributed by atoms with Crippen LogP contribution in [0.5, 0.6) is 0 Å². The van der Waals surface area contributed by atoms with E-state index in [0.29, 0.717) is 12.0 Å². The lowest BCUT2D eigenvalue weighted by atomic mass is 9.82. The van der Waals surface area contributed by atoms with Gasteiger partial charge in [-0.3, -0.25) is 0 Å². The number of nitrogens with one attached hydrogen (secondary N) is 1. The summed E-state index contributed by atoms with van der Waals surface area (Å²) >= 11 is 12.5. The van der Waals surface area contributed by atoms with Crippen molar-refractivity contribution in [3.8, 4) is 0 Å². The second kappa shape index (κ2) is 7.52. The van der Waals surface area contributed by atoms with E-state index in [-0.39, 0.29) is 0 Å². The fourth-order valence-electron chi connectivity index (χ4n) is 3.03. The van der Waals surface area contributed by atoms with Gasteiger partial charge in [0.25, 0.3) is 0 Å². The molecule has 3 heteroatoms. The van der Waals surface area contributed by atoms with E-state index in [2.05, 4.69) is 12.2 Å². The fourth-order valence-corrected chi connectivity index (χ4v) is 3.58. The Labute approximate surface area is 126 Å². The van der Waals surface area contributed by atoms with Crippen molar-refractivity contribution in [3.05, 3.63) is 33.8 Å². The highest BCUT2D eigenvalue weighted by atomic mass is 35.5. The van der Waals surface area contributed by atoms with Crippen molar-refractivity contribution >= 4 is 23.2 Å². The van der Waals surface area contributed by atoms with Crippen molar-refractivity contribution in [3.63, 3.8) is 0 Å². The first kappa shape index (κ1) is 15.2. The normalized spacial score (nSPS) is 23.5. The van der Waals surface area contributed by atoms with E-state index in [9.17, 15) is 0 Å². The number of hydrogen-bond donors (Lipinski definition) is 1. The van der Waals surface area contributed by atoms with Crippen LogP contribution in [0.15, 0.2) is 18.2 Å². The van der Waals surface area contributed by atoms with Crippen LogP contribution in [0.3, 0.4) is 0 Å². The summed E-state index contributed by atoms with van der Waals surface area (Å²) in [5.41, 5.74) is 1.13. The summed E-state index contributed by atoms with van der Waals surface area (Å²) in [6.45, 7) is 3.35. The van der Waals surface area contributed by atoms with Gasteiger partial charge >= 0.3 is 0 Å². The molecule has 2 unspecified atom stereocenters. The molecule has 1 fully saturated rings. The molecule has 1 N–H and O–H groups in total. The average molecular weight is 300 g/mol. The van der Waals surface area contributed by atoms with Gasteiger partial charge in [-0.25, -0.2) is 0 Å². The van der Waals surface area contributed by atoms with Crippen LogP contribution >= 0.6 is 23.2 Å². The number of benzene rings is 1. The molecule has 2 atom stereocenters. The zero-order chi connectivity index (χ0) is 13.7. The molecule has 106 valence electrons. The van der Waals surface area contributed by atoms with E-state index in [1.54, 1.807) is 0 Å². The zero-order valence-electron chi connectivity index (χ0n) is 11.6. The lowest BCUT2D eigenvalue weighted by Crippen LogP contribution is -2.35. The molecular formula is C16H23Cl2N. The van der Waals surface area contributed by atoms with Gasteiger partial charge in [-0.15, -0.1) is 0 Å². The maximum absolute atomic E-state index is 6.27. The van der Waals surface area contributed by atoms with Gasteiger partial charge in [0.15, 0.2) is 0 Å². The lowest BCUT2D eigenvalue weighted by Gasteiger charge is -2.30. The van der Waals surface area contributed by atoms with Crippen molar-refractivity contribution in [2.45, 2.75) is 51.5 Å². The first-order valence-corrected chi connectivity index (χ1v) is 8.12. The zero-order valence-corrected chi connectivity index (χ0v) is 13.1. The van der Waals surface area contributed by atoms with Crippen molar-refractivity contribution in [1.82, 2.24) is 5.32 Å². The van der Waals surface area contributed by atoms with Crippen LogP contribution in [-0.2, 0) is 6.42 Å². The van der Waals surface area contributed by atoms with E-state index < -0.39 is 0 Å². The minimum absolute atomic E-state index is 0.681. The summed E-state index contributed by atoms with van der Waals surface area (Å²) in [4.78, 5) is 0. The van der Waals surface area contributed by atoms with Gasteiger partial charge in [-0.05, 0) is 55.8 Å². The standard InChI is InChI=1S/C16H23Cl2N/c1-2-9-19-13-6-3-5-12(10-13)11-14-15(17)7-4-8-16(14)18/h4,7-8,12-13,19H,2-3,5-6,9-11H2,1H3. The highest BCUT2D eigenvalue weighted by molar-refractivity contribution is 6.35. The van der Waals surface area contributed by atoms with E-state index in [4.69, 9.17) is 23.2 Å². The predicted octanol–water partition coefficient (Wildman–Crippen LogP) is 5.09. The number of rotatable bonds is 5. The van der Waals surface area contributed by atoms with Crippen molar-refractivity contribution in [2.75, 3.05) is 6.54 Å². The van der Waals surface area contributed by atoms with Gasteiger partial charge in [0, 0.05) is 16.1 Å². The molecule has 1 aromatic carbocycles. The van der Waals surface area contributed by atoms with Gasteiger partial charge < -0.3 is 5.32 Å². The van der Waals surface area contributed by atoms with E-state index in [1.807, 2.05) is 18.2 Å².